The number of ether oxygens (including phenoxy) is 1. The molecule has 2 aromatic carbocycles. The largest absolute Gasteiger partial charge is 0.465 e. The van der Waals surface area contributed by atoms with E-state index < -0.39 is 11.0 Å². The zero-order valence-corrected chi connectivity index (χ0v) is 18.8. The van der Waals surface area contributed by atoms with Gasteiger partial charge in [0.2, 0.25) is 5.91 Å². The van der Waals surface area contributed by atoms with Crippen LogP contribution in [0.3, 0.4) is 0 Å². The number of carbonyl (C=O) groups is 2. The van der Waals surface area contributed by atoms with Gasteiger partial charge in [0.15, 0.2) is 0 Å². The fourth-order valence-corrected chi connectivity index (χ4v) is 3.98. The summed E-state index contributed by atoms with van der Waals surface area (Å²) in [6.45, 7) is 5.90. The highest BCUT2D eigenvalue weighted by molar-refractivity contribution is 6.33. The van der Waals surface area contributed by atoms with Crippen molar-refractivity contribution in [1.82, 2.24) is 4.90 Å². The van der Waals surface area contributed by atoms with Crippen molar-refractivity contribution in [3.63, 3.8) is 0 Å². The predicted octanol–water partition coefficient (Wildman–Crippen LogP) is 3.57. The van der Waals surface area contributed by atoms with E-state index in [9.17, 15) is 19.7 Å². The summed E-state index contributed by atoms with van der Waals surface area (Å²) in [5, 5.41) is 14.0. The molecule has 1 N–H and O–H groups in total. The van der Waals surface area contributed by atoms with E-state index in [1.165, 1.54) is 25.3 Å². The van der Waals surface area contributed by atoms with Crippen molar-refractivity contribution in [1.29, 1.82) is 0 Å². The Kier molecular flexibility index (Phi) is 7.32. The second kappa shape index (κ2) is 9.97. The topological polar surface area (TPSA) is 105 Å². The SMILES string of the molecule is COC(=O)c1ccc(N2CCN(C(C)C(=O)Nc3cc([N+](=O)[O-])ccc3Cl)C(C)C2)cc1. The van der Waals surface area contributed by atoms with Crippen molar-refractivity contribution in [3.8, 4) is 0 Å². The van der Waals surface area contributed by atoms with Crippen LogP contribution in [0.5, 0.6) is 0 Å². The quantitative estimate of drug-likeness (QED) is 0.399. The number of nitro benzene ring substituents is 1. The smallest absolute Gasteiger partial charge is 0.337 e. The van der Waals surface area contributed by atoms with Crippen LogP contribution in [0.25, 0.3) is 0 Å². The Balaban J connectivity index is 1.64. The van der Waals surface area contributed by atoms with Crippen molar-refractivity contribution in [3.05, 3.63) is 63.2 Å². The van der Waals surface area contributed by atoms with E-state index in [0.29, 0.717) is 25.2 Å². The molecule has 1 heterocycles. The van der Waals surface area contributed by atoms with Gasteiger partial charge in [-0.1, -0.05) is 11.6 Å². The van der Waals surface area contributed by atoms with E-state index in [-0.39, 0.29) is 34.3 Å². The van der Waals surface area contributed by atoms with Crippen LogP contribution in [-0.4, -0.2) is 60.5 Å². The molecule has 1 fully saturated rings. The lowest BCUT2D eigenvalue weighted by molar-refractivity contribution is -0.384. The monoisotopic (exact) mass is 460 g/mol. The third-order valence-electron chi connectivity index (χ3n) is 5.63. The molecule has 2 unspecified atom stereocenters. The molecule has 9 nitrogen and oxygen atoms in total. The molecule has 1 aliphatic rings. The van der Waals surface area contributed by atoms with Gasteiger partial charge in [0.25, 0.3) is 5.69 Å². The molecule has 0 radical (unpaired) electrons. The van der Waals surface area contributed by atoms with Crippen LogP contribution in [0.1, 0.15) is 24.2 Å². The number of non-ortho nitro benzene ring substituents is 1. The van der Waals surface area contributed by atoms with E-state index in [1.807, 2.05) is 19.1 Å². The maximum absolute atomic E-state index is 12.8. The summed E-state index contributed by atoms with van der Waals surface area (Å²) in [4.78, 5) is 39.2. The average Bonchev–Trinajstić information content (AvgIpc) is 2.79. The number of piperazine rings is 1. The van der Waals surface area contributed by atoms with Gasteiger partial charge in [-0.25, -0.2) is 4.79 Å². The summed E-state index contributed by atoms with van der Waals surface area (Å²) in [5.41, 5.74) is 1.56. The van der Waals surface area contributed by atoms with Gasteiger partial charge < -0.3 is 15.0 Å². The van der Waals surface area contributed by atoms with Crippen LogP contribution < -0.4 is 10.2 Å². The number of benzene rings is 2. The number of halogens is 1. The van der Waals surface area contributed by atoms with Crippen LogP contribution in [-0.2, 0) is 9.53 Å². The molecule has 3 rings (SSSR count). The van der Waals surface area contributed by atoms with Crippen molar-refractivity contribution in [2.24, 2.45) is 0 Å². The highest BCUT2D eigenvalue weighted by atomic mass is 35.5. The maximum atomic E-state index is 12.8. The van der Waals surface area contributed by atoms with Crippen molar-refractivity contribution < 1.29 is 19.2 Å². The normalized spacial score (nSPS) is 17.5. The molecule has 1 aliphatic heterocycles. The van der Waals surface area contributed by atoms with Gasteiger partial charge in [-0.2, -0.15) is 0 Å². The van der Waals surface area contributed by atoms with Crippen LogP contribution in [0.4, 0.5) is 17.1 Å². The van der Waals surface area contributed by atoms with Gasteiger partial charge in [-0.05, 0) is 44.2 Å². The minimum absolute atomic E-state index is 0.0744. The highest BCUT2D eigenvalue weighted by Gasteiger charge is 2.31. The van der Waals surface area contributed by atoms with Gasteiger partial charge >= 0.3 is 5.97 Å². The molecule has 1 saturated heterocycles. The van der Waals surface area contributed by atoms with Gasteiger partial charge in [0.1, 0.15) is 0 Å². The molecule has 0 bridgehead atoms. The lowest BCUT2D eigenvalue weighted by atomic mass is 10.1. The first-order chi connectivity index (χ1) is 15.2. The number of anilines is 2. The molecule has 170 valence electrons. The molecule has 1 amide bonds. The molecule has 0 saturated carbocycles. The van der Waals surface area contributed by atoms with E-state index in [0.717, 1.165) is 5.69 Å². The molecule has 0 aromatic heterocycles. The first-order valence-corrected chi connectivity index (χ1v) is 10.5. The number of rotatable bonds is 6. The number of nitrogens with one attached hydrogen (secondary N) is 1. The molecule has 0 aliphatic carbocycles. The molecule has 0 spiro atoms. The van der Waals surface area contributed by atoms with Crippen molar-refractivity contribution in [2.45, 2.75) is 25.9 Å². The van der Waals surface area contributed by atoms with Crippen LogP contribution >= 0.6 is 11.6 Å². The Morgan fingerprint density at radius 3 is 2.50 bits per heavy atom. The average molecular weight is 461 g/mol. The fraction of sp³-hybridized carbons (Fsp3) is 0.364. The van der Waals surface area contributed by atoms with Gasteiger partial charge in [0, 0.05) is 43.5 Å². The third-order valence-corrected chi connectivity index (χ3v) is 5.96. The third kappa shape index (κ3) is 5.17. The summed E-state index contributed by atoms with van der Waals surface area (Å²) in [5.74, 6) is -0.659. The Morgan fingerprint density at radius 1 is 1.22 bits per heavy atom. The first kappa shape index (κ1) is 23.5. The maximum Gasteiger partial charge on any atom is 0.337 e. The number of methoxy groups -OCH3 is 1. The van der Waals surface area contributed by atoms with Crippen LogP contribution in [0.2, 0.25) is 5.02 Å². The van der Waals surface area contributed by atoms with Crippen molar-refractivity contribution >= 4 is 40.5 Å². The number of hydrogen-bond donors (Lipinski definition) is 1. The van der Waals surface area contributed by atoms with Gasteiger partial charge in [-0.15, -0.1) is 0 Å². The molecule has 32 heavy (non-hydrogen) atoms. The Hall–Kier alpha value is -3.17. The Labute approximate surface area is 191 Å². The summed E-state index contributed by atoms with van der Waals surface area (Å²) in [7, 11) is 1.35. The number of esters is 1. The molecular formula is C22H25ClN4O5. The molecule has 2 aromatic rings. The van der Waals surface area contributed by atoms with Gasteiger partial charge in [0.05, 0.1) is 34.3 Å². The minimum atomic E-state index is -0.533. The number of amides is 1. The van der Waals surface area contributed by atoms with E-state index >= 15 is 0 Å². The predicted molar refractivity (Wildman–Crippen MR) is 122 cm³/mol. The highest BCUT2D eigenvalue weighted by Crippen LogP contribution is 2.27. The number of carbonyl (C=O) groups excluding carboxylic acids is 2. The number of hydrogen-bond acceptors (Lipinski definition) is 7. The molecule has 10 heteroatoms. The van der Waals surface area contributed by atoms with Gasteiger partial charge in [-0.3, -0.25) is 19.8 Å². The van der Waals surface area contributed by atoms with Crippen LogP contribution in [0.15, 0.2) is 42.5 Å². The zero-order chi connectivity index (χ0) is 23.4. The summed E-state index contributed by atoms with van der Waals surface area (Å²) >= 11 is 6.10. The Morgan fingerprint density at radius 2 is 1.91 bits per heavy atom. The Bertz CT molecular complexity index is 1010. The lowest BCUT2D eigenvalue weighted by Gasteiger charge is -2.43. The van der Waals surface area contributed by atoms with Crippen LogP contribution in [0, 0.1) is 10.1 Å². The summed E-state index contributed by atoms with van der Waals surface area (Å²) in [6.07, 6.45) is 0. The number of nitrogens with zero attached hydrogens (tertiary/aromatic N) is 3. The fourth-order valence-electron chi connectivity index (χ4n) is 3.82. The molecular weight excluding hydrogens is 436 g/mol. The molecule has 2 atom stereocenters. The zero-order valence-electron chi connectivity index (χ0n) is 18.1. The lowest BCUT2D eigenvalue weighted by Crippen LogP contribution is -2.57. The van der Waals surface area contributed by atoms with E-state index in [1.54, 1.807) is 19.1 Å². The standard InChI is InChI=1S/C22H25ClN4O5/c1-14-13-25(17-6-4-16(5-7-17)22(29)32-3)10-11-26(14)15(2)21(28)24-20-12-18(27(30)31)8-9-19(20)23/h4-9,12,14-15H,10-11,13H2,1-3H3,(H,24,28). The van der Waals surface area contributed by atoms with Crippen molar-refractivity contribution in [2.75, 3.05) is 37.0 Å². The van der Waals surface area contributed by atoms with E-state index in [4.69, 9.17) is 16.3 Å². The second-order valence-electron chi connectivity index (χ2n) is 7.66. The van der Waals surface area contributed by atoms with E-state index in [2.05, 4.69) is 15.1 Å². The second-order valence-corrected chi connectivity index (χ2v) is 8.07. The summed E-state index contributed by atoms with van der Waals surface area (Å²) < 4.78 is 4.73. The number of nitro groups is 1. The first-order valence-electron chi connectivity index (χ1n) is 10.1. The minimum Gasteiger partial charge on any atom is -0.465 e. The summed E-state index contributed by atoms with van der Waals surface area (Å²) in [6, 6.07) is 10.8.